The van der Waals surface area contributed by atoms with Crippen LogP contribution in [0, 0.1) is 5.41 Å². The number of hydrogen-bond donors (Lipinski definition) is 0. The van der Waals surface area contributed by atoms with Gasteiger partial charge in [-0.1, -0.05) is 49.7 Å². The molecule has 3 heteroatoms. The molecule has 0 aliphatic carbocycles. The van der Waals surface area contributed by atoms with Crippen molar-refractivity contribution >= 4 is 22.0 Å². The molecule has 0 aliphatic heterocycles. The van der Waals surface area contributed by atoms with Crippen LogP contribution in [0.25, 0.3) is 0 Å². The summed E-state index contributed by atoms with van der Waals surface area (Å²) in [5.74, 6) is 0. The second-order valence-corrected chi connectivity index (χ2v) is 13.5. The quantitative estimate of drug-likeness (QED) is 0.504. The van der Waals surface area contributed by atoms with E-state index in [0.717, 1.165) is 0 Å². The van der Waals surface area contributed by atoms with Gasteiger partial charge < -0.3 is 4.43 Å². The fourth-order valence-corrected chi connectivity index (χ4v) is 3.77. The van der Waals surface area contributed by atoms with Crippen LogP contribution in [0.4, 0.5) is 0 Å². The van der Waals surface area contributed by atoms with Crippen LogP contribution in [-0.2, 0) is 4.43 Å². The molecule has 0 radical (unpaired) electrons. The normalized spacial score (nSPS) is 15.7. The lowest BCUT2D eigenvalue weighted by molar-refractivity contribution is 0.446. The Bertz CT molecular complexity index is 238. The maximum absolute atomic E-state index is 6.22. The Morgan fingerprint density at radius 2 is 1.33 bits per heavy atom. The van der Waals surface area contributed by atoms with E-state index >= 15 is 0 Å². The van der Waals surface area contributed by atoms with Gasteiger partial charge in [0.15, 0.2) is 8.32 Å². The third-order valence-electron chi connectivity index (χ3n) is 1.48. The molecule has 0 heterocycles. The molecule has 0 saturated heterocycles. The van der Waals surface area contributed by atoms with Gasteiger partial charge in [0.2, 0.25) is 0 Å². The molecule has 1 nitrogen and oxygen atoms in total. The predicted octanol–water partition coefficient (Wildman–Crippen LogP) is 4.76. The fraction of sp³-hybridized carbons (Fsp3) is 0.917. The van der Waals surface area contributed by atoms with E-state index in [2.05, 4.69) is 61.2 Å². The molecule has 0 aromatic rings. The average Bonchev–Trinajstić information content (AvgIpc) is 1.75. The molecule has 0 rings (SSSR count). The zero-order chi connectivity index (χ0) is 12.5. The maximum atomic E-state index is 6.22. The highest BCUT2D eigenvalue weighted by Gasteiger charge is 2.27. The Balaban J connectivity index is 5.02. The van der Waals surface area contributed by atoms with Crippen LogP contribution in [-0.4, -0.2) is 19.0 Å². The minimum absolute atomic E-state index is 0.148. The van der Waals surface area contributed by atoms with E-state index in [1.807, 2.05) is 0 Å². The van der Waals surface area contributed by atoms with Gasteiger partial charge in [0.25, 0.3) is 0 Å². The summed E-state index contributed by atoms with van der Waals surface area (Å²) in [5, 5.41) is 0.280. The molecule has 0 bridgehead atoms. The zero-order valence-corrected chi connectivity index (χ0v) is 13.7. The van der Waals surface area contributed by atoms with Gasteiger partial charge in [0.05, 0.1) is 5.48 Å². The van der Waals surface area contributed by atoms with Gasteiger partial charge in [-0.2, -0.15) is 0 Å². The van der Waals surface area contributed by atoms with Crippen molar-refractivity contribution in [1.29, 1.82) is 0 Å². The molecule has 0 spiro atoms. The van der Waals surface area contributed by atoms with Crippen LogP contribution in [0.5, 0.6) is 0 Å². The summed E-state index contributed by atoms with van der Waals surface area (Å²) in [6.45, 7) is 20.2. The number of hydrogen-bond acceptors (Lipinski definition) is 1. The molecule has 0 saturated carbocycles. The SMILES string of the molecule is CC(C)(C)P=C(O[Si](C)(C)C)C(C)(C)C. The van der Waals surface area contributed by atoms with Gasteiger partial charge in [-0.3, -0.25) is 0 Å². The molecular weight excluding hydrogens is 219 g/mol. The first-order valence-electron chi connectivity index (χ1n) is 5.61. The first-order valence-corrected chi connectivity index (χ1v) is 9.91. The second kappa shape index (κ2) is 4.69. The van der Waals surface area contributed by atoms with Gasteiger partial charge in [-0.05, 0) is 19.6 Å². The van der Waals surface area contributed by atoms with Gasteiger partial charge in [-0.25, -0.2) is 0 Å². The molecule has 0 unspecified atom stereocenters. The molecule has 0 aromatic heterocycles. The number of rotatable bonds is 2. The van der Waals surface area contributed by atoms with Crippen molar-refractivity contribution in [1.82, 2.24) is 0 Å². The van der Waals surface area contributed by atoms with Crippen LogP contribution >= 0.6 is 8.20 Å². The van der Waals surface area contributed by atoms with Gasteiger partial charge in [0, 0.05) is 10.6 Å². The van der Waals surface area contributed by atoms with E-state index in [1.165, 1.54) is 13.7 Å². The minimum Gasteiger partial charge on any atom is -0.385 e. The van der Waals surface area contributed by atoms with Gasteiger partial charge in [-0.15, -0.1) is 0 Å². The molecule has 0 aliphatic rings. The average molecular weight is 246 g/mol. The Morgan fingerprint density at radius 1 is 0.933 bits per heavy atom. The fourth-order valence-electron chi connectivity index (χ4n) is 0.938. The van der Waals surface area contributed by atoms with E-state index in [0.29, 0.717) is 0 Å². The van der Waals surface area contributed by atoms with E-state index in [9.17, 15) is 0 Å². The van der Waals surface area contributed by atoms with Crippen molar-refractivity contribution in [3.8, 4) is 0 Å². The molecule has 0 amide bonds. The van der Waals surface area contributed by atoms with Crippen molar-refractivity contribution in [2.24, 2.45) is 5.41 Å². The second-order valence-electron chi connectivity index (χ2n) is 7.05. The Morgan fingerprint density at radius 3 is 1.53 bits per heavy atom. The van der Waals surface area contributed by atoms with Crippen molar-refractivity contribution in [2.75, 3.05) is 0 Å². The molecule has 0 atom stereocenters. The van der Waals surface area contributed by atoms with Crippen molar-refractivity contribution in [3.63, 3.8) is 0 Å². The summed E-state index contributed by atoms with van der Waals surface area (Å²) < 4.78 is 6.22. The lowest BCUT2D eigenvalue weighted by Gasteiger charge is -2.30. The predicted molar refractivity (Wildman–Crippen MR) is 75.6 cm³/mol. The maximum Gasteiger partial charge on any atom is 0.191 e. The van der Waals surface area contributed by atoms with Crippen molar-refractivity contribution in [2.45, 2.75) is 66.3 Å². The van der Waals surface area contributed by atoms with Crippen molar-refractivity contribution in [3.05, 3.63) is 0 Å². The van der Waals surface area contributed by atoms with Gasteiger partial charge in [0.1, 0.15) is 0 Å². The third kappa shape index (κ3) is 8.18. The standard InChI is InChI=1S/C12H27OPSi/c1-11(2,3)10(13-15(7,8)9)14-12(4,5)6/h1-9H3. The summed E-state index contributed by atoms with van der Waals surface area (Å²) in [4.78, 5) is 0. The summed E-state index contributed by atoms with van der Waals surface area (Å²) in [6.07, 6.45) is 0. The van der Waals surface area contributed by atoms with E-state index in [1.54, 1.807) is 0 Å². The van der Waals surface area contributed by atoms with Crippen molar-refractivity contribution < 1.29 is 4.43 Å². The minimum atomic E-state index is -1.47. The summed E-state index contributed by atoms with van der Waals surface area (Å²) >= 11 is 0. The molecule has 15 heavy (non-hydrogen) atoms. The molecular formula is C12H27OPSi. The first kappa shape index (κ1) is 15.3. The van der Waals surface area contributed by atoms with Crippen LogP contribution in [0.3, 0.4) is 0 Å². The molecule has 0 fully saturated rings. The van der Waals surface area contributed by atoms with E-state index in [-0.39, 0.29) is 10.6 Å². The largest absolute Gasteiger partial charge is 0.385 e. The van der Waals surface area contributed by atoms with Crippen LogP contribution in [0.15, 0.2) is 0 Å². The molecule has 0 aromatic carbocycles. The third-order valence-corrected chi connectivity index (χ3v) is 4.11. The molecule has 90 valence electrons. The summed E-state index contributed by atoms with van der Waals surface area (Å²) in [6, 6.07) is 0. The summed E-state index contributed by atoms with van der Waals surface area (Å²) in [7, 11) is -0.148. The zero-order valence-electron chi connectivity index (χ0n) is 11.9. The topological polar surface area (TPSA) is 9.23 Å². The smallest absolute Gasteiger partial charge is 0.191 e. The van der Waals surface area contributed by atoms with E-state index < -0.39 is 8.32 Å². The Hall–Kier alpha value is 0.347. The summed E-state index contributed by atoms with van der Waals surface area (Å²) in [5.41, 5.74) is 1.39. The Kier molecular flexibility index (Phi) is 4.80. The molecule has 0 N–H and O–H groups in total. The highest BCUT2D eigenvalue weighted by molar-refractivity contribution is 7.42. The Labute approximate surface area is 98.5 Å². The lowest BCUT2D eigenvalue weighted by atomic mass is 9.99. The van der Waals surface area contributed by atoms with Crippen LogP contribution < -0.4 is 0 Å². The van der Waals surface area contributed by atoms with Gasteiger partial charge >= 0.3 is 0 Å². The van der Waals surface area contributed by atoms with Crippen LogP contribution in [0.1, 0.15) is 41.5 Å². The monoisotopic (exact) mass is 246 g/mol. The highest BCUT2D eigenvalue weighted by atomic mass is 31.1. The van der Waals surface area contributed by atoms with E-state index in [4.69, 9.17) is 4.43 Å². The lowest BCUT2D eigenvalue weighted by Crippen LogP contribution is -2.35. The first-order chi connectivity index (χ1) is 6.31. The van der Waals surface area contributed by atoms with Crippen LogP contribution in [0.2, 0.25) is 19.6 Å². The highest BCUT2D eigenvalue weighted by Crippen LogP contribution is 2.32.